The molecule has 76 valence electrons. The maximum atomic E-state index is 9.65. The Morgan fingerprint density at radius 3 is 3.00 bits per heavy atom. The first kappa shape index (κ1) is 9.27. The van der Waals surface area contributed by atoms with Crippen LogP contribution < -0.4 is 5.73 Å². The van der Waals surface area contributed by atoms with E-state index in [2.05, 4.69) is 15.0 Å². The van der Waals surface area contributed by atoms with E-state index in [4.69, 9.17) is 11.0 Å². The monoisotopic (exact) mass is 203 g/mol. The fraction of sp³-hybridized carbons (Fsp3) is 0.222. The molecule has 0 bridgehead atoms. The zero-order valence-electron chi connectivity index (χ0n) is 7.81. The van der Waals surface area contributed by atoms with Gasteiger partial charge >= 0.3 is 0 Å². The van der Waals surface area contributed by atoms with Gasteiger partial charge in [0.25, 0.3) is 0 Å². The number of nitriles is 1. The van der Waals surface area contributed by atoms with Gasteiger partial charge in [-0.2, -0.15) is 5.26 Å². The van der Waals surface area contributed by atoms with Crippen LogP contribution in [-0.2, 0) is 6.42 Å². The Bertz CT molecular complexity index is 465. The molecule has 1 aromatic heterocycles. The number of amidine groups is 1. The van der Waals surface area contributed by atoms with Crippen LogP contribution in [0, 0.1) is 11.3 Å². The van der Waals surface area contributed by atoms with E-state index in [-0.39, 0.29) is 17.2 Å². The van der Waals surface area contributed by atoms with Crippen LogP contribution in [0.25, 0.3) is 0 Å². The second-order valence-corrected chi connectivity index (χ2v) is 3.18. The zero-order valence-corrected chi connectivity index (χ0v) is 7.81. The van der Waals surface area contributed by atoms with Gasteiger partial charge in [0, 0.05) is 18.3 Å². The van der Waals surface area contributed by atoms with Gasteiger partial charge in [-0.3, -0.25) is 4.99 Å². The number of aliphatic imine (C=N–C) groups is 1. The Balaban J connectivity index is 2.21. The Kier molecular flexibility index (Phi) is 2.14. The SMILES string of the molecule is N#CC1=C(O)C(Cc2cnc[nH]2)N=C1N. The summed E-state index contributed by atoms with van der Waals surface area (Å²) in [5, 5.41) is 18.3. The molecule has 0 aliphatic carbocycles. The number of aliphatic hydroxyl groups excluding tert-OH is 1. The van der Waals surface area contributed by atoms with Crippen LogP contribution in [0.3, 0.4) is 0 Å². The maximum Gasteiger partial charge on any atom is 0.140 e. The van der Waals surface area contributed by atoms with Crippen molar-refractivity contribution in [2.45, 2.75) is 12.5 Å². The molecule has 1 atom stereocenters. The van der Waals surface area contributed by atoms with Crippen LogP contribution in [0.2, 0.25) is 0 Å². The zero-order chi connectivity index (χ0) is 10.8. The highest BCUT2D eigenvalue weighted by Gasteiger charge is 2.26. The van der Waals surface area contributed by atoms with Crippen molar-refractivity contribution < 1.29 is 5.11 Å². The largest absolute Gasteiger partial charge is 0.508 e. The van der Waals surface area contributed by atoms with E-state index in [0.717, 1.165) is 5.69 Å². The number of rotatable bonds is 2. The third-order valence-corrected chi connectivity index (χ3v) is 2.20. The molecule has 0 saturated carbocycles. The number of nitrogens with two attached hydrogens (primary N) is 1. The lowest BCUT2D eigenvalue weighted by Gasteiger charge is -2.04. The van der Waals surface area contributed by atoms with Gasteiger partial charge in [0.15, 0.2) is 0 Å². The van der Waals surface area contributed by atoms with Crippen molar-refractivity contribution in [3.8, 4) is 6.07 Å². The van der Waals surface area contributed by atoms with Gasteiger partial charge in [-0.15, -0.1) is 0 Å². The van der Waals surface area contributed by atoms with Crippen LogP contribution in [0.15, 0.2) is 28.8 Å². The first-order valence-electron chi connectivity index (χ1n) is 4.36. The second-order valence-electron chi connectivity index (χ2n) is 3.18. The van der Waals surface area contributed by atoms with E-state index in [1.165, 1.54) is 0 Å². The average Bonchev–Trinajstić information content (AvgIpc) is 2.78. The summed E-state index contributed by atoms with van der Waals surface area (Å²) in [4.78, 5) is 10.7. The molecule has 15 heavy (non-hydrogen) atoms. The minimum absolute atomic E-state index is 0.0652. The second kappa shape index (κ2) is 3.46. The highest BCUT2D eigenvalue weighted by Crippen LogP contribution is 2.20. The van der Waals surface area contributed by atoms with Crippen LogP contribution in [0.4, 0.5) is 0 Å². The minimum atomic E-state index is -0.472. The van der Waals surface area contributed by atoms with Gasteiger partial charge < -0.3 is 15.8 Å². The molecule has 0 aromatic carbocycles. The predicted octanol–water partition coefficient (Wildman–Crippen LogP) is 0.0273. The molecular weight excluding hydrogens is 194 g/mol. The quantitative estimate of drug-likeness (QED) is 0.629. The molecule has 1 aliphatic heterocycles. The van der Waals surface area contributed by atoms with Gasteiger partial charge in [0.05, 0.1) is 6.33 Å². The fourth-order valence-corrected chi connectivity index (χ4v) is 1.45. The minimum Gasteiger partial charge on any atom is -0.508 e. The number of nitrogens with zero attached hydrogens (tertiary/aromatic N) is 3. The molecule has 2 rings (SSSR count). The van der Waals surface area contributed by atoms with Gasteiger partial charge in [-0.05, 0) is 0 Å². The van der Waals surface area contributed by atoms with Gasteiger partial charge in [0.2, 0.25) is 0 Å². The van der Waals surface area contributed by atoms with E-state index < -0.39 is 6.04 Å². The molecule has 0 spiro atoms. The number of nitrogens with one attached hydrogen (secondary N) is 1. The van der Waals surface area contributed by atoms with Crippen molar-refractivity contribution in [2.75, 3.05) is 0 Å². The molecule has 1 aromatic rings. The van der Waals surface area contributed by atoms with Gasteiger partial charge in [0.1, 0.15) is 29.3 Å². The normalized spacial score (nSPS) is 20.2. The molecule has 0 radical (unpaired) electrons. The molecule has 1 unspecified atom stereocenters. The highest BCUT2D eigenvalue weighted by molar-refractivity contribution is 6.03. The number of hydrogen-bond acceptors (Lipinski definition) is 5. The van der Waals surface area contributed by atoms with E-state index in [0.29, 0.717) is 6.42 Å². The Labute approximate surface area is 85.8 Å². The Morgan fingerprint density at radius 1 is 1.67 bits per heavy atom. The number of imidazole rings is 1. The standard InChI is InChI=1S/C9H9N5O/c10-2-6-8(15)7(14-9(6)11)1-5-3-12-4-13-5/h3-4,7,15H,1H2,(H2,11,14)(H,12,13). The highest BCUT2D eigenvalue weighted by atomic mass is 16.3. The van der Waals surface area contributed by atoms with Gasteiger partial charge in [-0.25, -0.2) is 4.98 Å². The Morgan fingerprint density at radius 2 is 2.47 bits per heavy atom. The van der Waals surface area contributed by atoms with Crippen LogP contribution in [-0.4, -0.2) is 27.0 Å². The Hall–Kier alpha value is -2.29. The summed E-state index contributed by atoms with van der Waals surface area (Å²) >= 11 is 0. The lowest BCUT2D eigenvalue weighted by Crippen LogP contribution is -2.11. The first-order chi connectivity index (χ1) is 7.22. The fourth-order valence-electron chi connectivity index (χ4n) is 1.45. The smallest absolute Gasteiger partial charge is 0.140 e. The van der Waals surface area contributed by atoms with Crippen molar-refractivity contribution in [1.29, 1.82) is 5.26 Å². The summed E-state index contributed by atoms with van der Waals surface area (Å²) in [6.07, 6.45) is 3.64. The number of hydrogen-bond donors (Lipinski definition) is 3. The summed E-state index contributed by atoms with van der Waals surface area (Å²) in [6.45, 7) is 0. The summed E-state index contributed by atoms with van der Waals surface area (Å²) in [5.41, 5.74) is 6.39. The van der Waals surface area contributed by atoms with Crippen molar-refractivity contribution in [3.05, 3.63) is 29.6 Å². The van der Waals surface area contributed by atoms with Gasteiger partial charge in [-0.1, -0.05) is 0 Å². The summed E-state index contributed by atoms with van der Waals surface area (Å²) in [5.74, 6) is 0.0316. The summed E-state index contributed by atoms with van der Waals surface area (Å²) < 4.78 is 0. The molecule has 0 saturated heterocycles. The maximum absolute atomic E-state index is 9.65. The predicted molar refractivity (Wildman–Crippen MR) is 53.0 cm³/mol. The number of aliphatic hydroxyl groups is 1. The molecule has 6 heteroatoms. The molecule has 4 N–H and O–H groups in total. The number of aromatic amines is 1. The van der Waals surface area contributed by atoms with Crippen molar-refractivity contribution in [3.63, 3.8) is 0 Å². The van der Waals surface area contributed by atoms with E-state index in [1.807, 2.05) is 6.07 Å². The number of aromatic nitrogens is 2. The summed E-state index contributed by atoms with van der Waals surface area (Å²) in [6, 6.07) is 1.35. The molecule has 0 fully saturated rings. The van der Waals surface area contributed by atoms with Crippen LogP contribution >= 0.6 is 0 Å². The van der Waals surface area contributed by atoms with Crippen LogP contribution in [0.5, 0.6) is 0 Å². The van der Waals surface area contributed by atoms with Crippen LogP contribution in [0.1, 0.15) is 5.69 Å². The average molecular weight is 203 g/mol. The third-order valence-electron chi connectivity index (χ3n) is 2.20. The molecule has 1 aliphatic rings. The van der Waals surface area contributed by atoms with Crippen molar-refractivity contribution in [1.82, 2.24) is 9.97 Å². The van der Waals surface area contributed by atoms with E-state index in [1.54, 1.807) is 12.5 Å². The molecule has 6 nitrogen and oxygen atoms in total. The van der Waals surface area contributed by atoms with Crippen molar-refractivity contribution >= 4 is 5.84 Å². The third kappa shape index (κ3) is 1.55. The lowest BCUT2D eigenvalue weighted by molar-refractivity contribution is 0.369. The molecule has 2 heterocycles. The van der Waals surface area contributed by atoms with E-state index in [9.17, 15) is 5.11 Å². The molecular formula is C9H9N5O. The topological polar surface area (TPSA) is 111 Å². The number of H-pyrrole nitrogens is 1. The van der Waals surface area contributed by atoms with E-state index >= 15 is 0 Å². The molecule has 0 amide bonds. The summed E-state index contributed by atoms with van der Waals surface area (Å²) in [7, 11) is 0. The van der Waals surface area contributed by atoms with Crippen molar-refractivity contribution in [2.24, 2.45) is 10.7 Å². The first-order valence-corrected chi connectivity index (χ1v) is 4.36. The lowest BCUT2D eigenvalue weighted by atomic mass is 10.1.